The molecule has 0 saturated heterocycles. The van der Waals surface area contributed by atoms with Crippen molar-refractivity contribution in [2.75, 3.05) is 32.7 Å². The van der Waals surface area contributed by atoms with Gasteiger partial charge < -0.3 is 44.1 Å². The molecule has 1 heterocycles. The predicted octanol–water partition coefficient (Wildman–Crippen LogP) is 6.89. The number of halogens is 1. The lowest BCUT2D eigenvalue weighted by molar-refractivity contribution is -0.155. The Labute approximate surface area is 323 Å². The minimum Gasteiger partial charge on any atom is -0.493 e. The zero-order valence-corrected chi connectivity index (χ0v) is 32.8. The molecule has 0 spiro atoms. The predicted molar refractivity (Wildman–Crippen MR) is 207 cm³/mol. The molecule has 1 aromatic heterocycles. The number of methoxy groups -OCH3 is 2. The number of nitrogens with one attached hydrogen (secondary N) is 3. The molecule has 14 nitrogen and oxygen atoms in total. The molecule has 0 aliphatic carbocycles. The first-order chi connectivity index (χ1) is 25.9. The number of alkyl carbamates (subject to hydrolysis) is 1. The summed E-state index contributed by atoms with van der Waals surface area (Å²) in [6.07, 6.45) is -1.04. The van der Waals surface area contributed by atoms with Crippen molar-refractivity contribution in [3.63, 3.8) is 0 Å². The van der Waals surface area contributed by atoms with E-state index in [1.807, 2.05) is 0 Å². The molecule has 1 atom stereocenters. The van der Waals surface area contributed by atoms with Gasteiger partial charge in [-0.25, -0.2) is 4.79 Å². The third-order valence-corrected chi connectivity index (χ3v) is 7.79. The fourth-order valence-corrected chi connectivity index (χ4v) is 5.37. The number of carbonyl (C=O) groups is 4. The molecule has 0 unspecified atom stereocenters. The van der Waals surface area contributed by atoms with Crippen molar-refractivity contribution < 1.29 is 47.3 Å². The maximum atomic E-state index is 13.7. The molecule has 4 rings (SSSR count). The largest absolute Gasteiger partial charge is 0.493 e. The number of hydrogen-bond donors (Lipinski definition) is 3. The van der Waals surface area contributed by atoms with Gasteiger partial charge in [0.1, 0.15) is 40.6 Å². The summed E-state index contributed by atoms with van der Waals surface area (Å²) in [4.78, 5) is 64.9. The van der Waals surface area contributed by atoms with Gasteiger partial charge in [-0.15, -0.1) is 0 Å². The smallest absolute Gasteiger partial charge is 0.408 e. The number of amides is 3. The average Bonchev–Trinajstić information content (AvgIpc) is 3.10. The Balaban J connectivity index is 1.53. The Hall–Kier alpha value is -5.76. The van der Waals surface area contributed by atoms with E-state index in [1.165, 1.54) is 26.4 Å². The molecule has 4 aromatic rings. The molecule has 0 radical (unpaired) electrons. The number of ether oxygens (including phenoxy) is 5. The molecule has 0 aliphatic rings. The molecule has 0 saturated carbocycles. The van der Waals surface area contributed by atoms with Gasteiger partial charge >= 0.3 is 12.1 Å². The van der Waals surface area contributed by atoms with Crippen molar-refractivity contribution in [3.8, 4) is 28.6 Å². The molecule has 3 aromatic carbocycles. The van der Waals surface area contributed by atoms with Crippen LogP contribution in [0.15, 0.2) is 69.9 Å². The van der Waals surface area contributed by atoms with Crippen molar-refractivity contribution in [2.45, 2.75) is 71.6 Å². The Morgan fingerprint density at radius 1 is 0.855 bits per heavy atom. The highest BCUT2D eigenvalue weighted by atomic mass is 35.5. The summed E-state index contributed by atoms with van der Waals surface area (Å²) in [7, 11) is 2.79. The van der Waals surface area contributed by atoms with E-state index in [0.29, 0.717) is 21.8 Å². The summed E-state index contributed by atoms with van der Waals surface area (Å²) in [5, 5.41) is 8.59. The second-order valence-corrected chi connectivity index (χ2v) is 14.7. The van der Waals surface area contributed by atoms with Crippen LogP contribution in [-0.2, 0) is 19.1 Å². The second kappa shape index (κ2) is 18.0. The number of fused-ring (bicyclic) bond motifs is 1. The zero-order chi connectivity index (χ0) is 40.5. The van der Waals surface area contributed by atoms with Gasteiger partial charge in [-0.2, -0.15) is 0 Å². The fraction of sp³-hybridized carbons (Fsp3) is 0.375. The summed E-state index contributed by atoms with van der Waals surface area (Å²) in [5.41, 5.74) is -0.576. The van der Waals surface area contributed by atoms with Crippen molar-refractivity contribution in [1.82, 2.24) is 10.6 Å². The molecule has 0 fully saturated rings. The van der Waals surface area contributed by atoms with Crippen molar-refractivity contribution >= 4 is 52.1 Å². The lowest BCUT2D eigenvalue weighted by atomic mass is 10.1. The van der Waals surface area contributed by atoms with Crippen LogP contribution in [0.1, 0.15) is 64.7 Å². The van der Waals surface area contributed by atoms with Crippen LogP contribution < -0.4 is 35.6 Å². The highest BCUT2D eigenvalue weighted by molar-refractivity contribution is 6.30. The Morgan fingerprint density at radius 2 is 1.55 bits per heavy atom. The average molecular weight is 780 g/mol. The van der Waals surface area contributed by atoms with Crippen molar-refractivity contribution in [1.29, 1.82) is 0 Å². The van der Waals surface area contributed by atoms with Gasteiger partial charge in [0.15, 0.2) is 16.9 Å². The van der Waals surface area contributed by atoms with E-state index in [0.717, 1.165) is 0 Å². The number of hydrogen-bond acceptors (Lipinski definition) is 11. The Morgan fingerprint density at radius 3 is 2.18 bits per heavy atom. The van der Waals surface area contributed by atoms with Crippen molar-refractivity contribution in [2.24, 2.45) is 0 Å². The molecular weight excluding hydrogens is 734 g/mol. The van der Waals surface area contributed by atoms with Gasteiger partial charge in [-0.05, 0) is 84.4 Å². The third-order valence-electron chi connectivity index (χ3n) is 7.54. The Kier molecular flexibility index (Phi) is 13.8. The zero-order valence-electron chi connectivity index (χ0n) is 32.0. The Bertz CT molecular complexity index is 2080. The summed E-state index contributed by atoms with van der Waals surface area (Å²) < 4.78 is 33.9. The van der Waals surface area contributed by atoms with Gasteiger partial charge in [0.25, 0.3) is 5.91 Å². The quantitative estimate of drug-likeness (QED) is 0.0896. The van der Waals surface area contributed by atoms with Gasteiger partial charge in [0.2, 0.25) is 11.7 Å². The molecule has 55 heavy (non-hydrogen) atoms. The molecule has 15 heteroatoms. The number of esters is 1. The van der Waals surface area contributed by atoms with Crippen LogP contribution in [0.2, 0.25) is 5.02 Å². The molecule has 0 bridgehead atoms. The first kappa shape index (κ1) is 42.0. The standard InChI is InChI=1S/C40H46ClN3O11/c1-39(2,3)54-32(46)17-16-27(44-38(49)55-40(4,5)6)37(48)42-18-19-52-35-33-28(45)21-29(53-30(33)22-31(50-7)34(35)51-8)23-10-9-11-24(20-23)36(47)43-26-14-12-25(41)13-15-26/h9-15,20-22,27H,16-19H2,1-8H3,(H,42,48)(H,43,47)(H,44,49)/t27-/m0/s1. The second-order valence-electron chi connectivity index (χ2n) is 14.3. The third kappa shape index (κ3) is 12.1. The summed E-state index contributed by atoms with van der Waals surface area (Å²) >= 11 is 5.95. The van der Waals surface area contributed by atoms with Crippen LogP contribution in [0.4, 0.5) is 10.5 Å². The van der Waals surface area contributed by atoms with E-state index in [2.05, 4.69) is 16.0 Å². The maximum absolute atomic E-state index is 13.7. The normalized spacial score (nSPS) is 11.9. The summed E-state index contributed by atoms with van der Waals surface area (Å²) in [5.74, 6) is -1.01. The van der Waals surface area contributed by atoms with Gasteiger partial charge in [0, 0.05) is 40.4 Å². The van der Waals surface area contributed by atoms with E-state index >= 15 is 0 Å². The minimum absolute atomic E-state index is 0.0100. The SMILES string of the molecule is COc1cc2oc(-c3cccc(C(=O)Nc4ccc(Cl)cc4)c3)cc(=O)c2c(OCCNC(=O)[C@H](CCC(=O)OC(C)(C)C)NC(=O)OC(C)(C)C)c1OC. The van der Waals surface area contributed by atoms with E-state index in [-0.39, 0.29) is 65.9 Å². The van der Waals surface area contributed by atoms with E-state index < -0.39 is 40.6 Å². The highest BCUT2D eigenvalue weighted by Crippen LogP contribution is 2.43. The highest BCUT2D eigenvalue weighted by Gasteiger charge is 2.27. The lowest BCUT2D eigenvalue weighted by Crippen LogP contribution is -2.49. The number of carbonyl (C=O) groups excluding carboxylic acids is 4. The van der Waals surface area contributed by atoms with Crippen LogP contribution in [0.5, 0.6) is 17.2 Å². The maximum Gasteiger partial charge on any atom is 0.408 e. The first-order valence-electron chi connectivity index (χ1n) is 17.4. The van der Waals surface area contributed by atoms with Crippen LogP contribution in [-0.4, -0.2) is 68.5 Å². The topological polar surface area (TPSA) is 181 Å². The van der Waals surface area contributed by atoms with E-state index in [1.54, 1.807) is 90.1 Å². The molecule has 294 valence electrons. The molecular formula is C40H46ClN3O11. The minimum atomic E-state index is -1.14. The van der Waals surface area contributed by atoms with Gasteiger partial charge in [-0.3, -0.25) is 19.2 Å². The van der Waals surface area contributed by atoms with Crippen LogP contribution in [0.25, 0.3) is 22.3 Å². The molecule has 3 amide bonds. The number of anilines is 1. The van der Waals surface area contributed by atoms with Crippen molar-refractivity contribution in [3.05, 3.63) is 81.5 Å². The molecule has 3 N–H and O–H groups in total. The van der Waals surface area contributed by atoms with E-state index in [4.69, 9.17) is 39.7 Å². The van der Waals surface area contributed by atoms with Gasteiger partial charge in [0.05, 0.1) is 20.8 Å². The lowest BCUT2D eigenvalue weighted by Gasteiger charge is -2.24. The van der Waals surface area contributed by atoms with Crippen LogP contribution >= 0.6 is 11.6 Å². The summed E-state index contributed by atoms with van der Waals surface area (Å²) in [6.45, 7) is 9.99. The first-order valence-corrected chi connectivity index (χ1v) is 17.8. The molecule has 0 aliphatic heterocycles. The van der Waals surface area contributed by atoms with Crippen LogP contribution in [0, 0.1) is 0 Å². The van der Waals surface area contributed by atoms with Gasteiger partial charge in [-0.1, -0.05) is 23.7 Å². The fourth-order valence-electron chi connectivity index (χ4n) is 5.25. The van der Waals surface area contributed by atoms with Crippen LogP contribution in [0.3, 0.4) is 0 Å². The van der Waals surface area contributed by atoms with E-state index in [9.17, 15) is 24.0 Å². The summed E-state index contributed by atoms with van der Waals surface area (Å²) in [6, 6.07) is 14.9. The monoisotopic (exact) mass is 779 g/mol. The number of rotatable bonds is 14. The number of benzene rings is 3.